The molecule has 0 spiro atoms. The van der Waals surface area contributed by atoms with Crippen molar-refractivity contribution in [1.82, 2.24) is 4.57 Å². The Labute approximate surface area is 154 Å². The molecule has 0 N–H and O–H groups in total. The van der Waals surface area contributed by atoms with Gasteiger partial charge in [-0.2, -0.15) is 4.99 Å². The molecule has 0 bridgehead atoms. The number of aryl methyl sites for hydroxylation is 1. The molecular formula is C17H18Cl2N2O2S. The third kappa shape index (κ3) is 4.09. The van der Waals surface area contributed by atoms with Crippen LogP contribution in [0.15, 0.2) is 29.4 Å². The SMILES string of the molecule is Cc1cn(CC2CCCCO2)c(=NC(=O)c2cccc(Cl)c2Cl)s1. The van der Waals surface area contributed by atoms with Crippen LogP contribution in [0.5, 0.6) is 0 Å². The van der Waals surface area contributed by atoms with Gasteiger partial charge in [0.2, 0.25) is 0 Å². The van der Waals surface area contributed by atoms with Crippen LogP contribution >= 0.6 is 34.5 Å². The standard InChI is InChI=1S/C17H18Cl2N2O2S/c1-11-9-21(10-12-5-2-3-8-23-12)17(24-11)20-16(22)13-6-4-7-14(18)15(13)19/h4,6-7,9,12H,2-3,5,8,10H2,1H3. The number of benzene rings is 1. The molecule has 0 saturated carbocycles. The first-order valence-electron chi connectivity index (χ1n) is 7.86. The van der Waals surface area contributed by atoms with Crippen LogP contribution in [0.3, 0.4) is 0 Å². The van der Waals surface area contributed by atoms with Gasteiger partial charge in [0.05, 0.1) is 28.3 Å². The Kier molecular flexibility index (Phi) is 5.76. The van der Waals surface area contributed by atoms with Crippen molar-refractivity contribution in [1.29, 1.82) is 0 Å². The maximum absolute atomic E-state index is 12.5. The number of rotatable bonds is 3. The Morgan fingerprint density at radius 2 is 2.25 bits per heavy atom. The minimum atomic E-state index is -0.386. The summed E-state index contributed by atoms with van der Waals surface area (Å²) in [5.74, 6) is -0.386. The highest BCUT2D eigenvalue weighted by atomic mass is 35.5. The fraction of sp³-hybridized carbons (Fsp3) is 0.412. The van der Waals surface area contributed by atoms with Gasteiger partial charge < -0.3 is 9.30 Å². The summed E-state index contributed by atoms with van der Waals surface area (Å²) in [6.07, 6.45) is 5.52. The molecule has 0 radical (unpaired) electrons. The zero-order valence-electron chi connectivity index (χ0n) is 13.3. The van der Waals surface area contributed by atoms with Gasteiger partial charge in [-0.15, -0.1) is 11.3 Å². The van der Waals surface area contributed by atoms with E-state index in [4.69, 9.17) is 27.9 Å². The molecule has 7 heteroatoms. The summed E-state index contributed by atoms with van der Waals surface area (Å²) in [5.41, 5.74) is 0.315. The molecule has 128 valence electrons. The Morgan fingerprint density at radius 1 is 1.42 bits per heavy atom. The Balaban J connectivity index is 1.89. The van der Waals surface area contributed by atoms with Gasteiger partial charge in [0, 0.05) is 17.7 Å². The normalized spacial score (nSPS) is 18.8. The Morgan fingerprint density at radius 3 is 3.00 bits per heavy atom. The number of nitrogens with zero attached hydrogens (tertiary/aromatic N) is 2. The number of hydrogen-bond donors (Lipinski definition) is 0. The largest absolute Gasteiger partial charge is 0.376 e. The van der Waals surface area contributed by atoms with Gasteiger partial charge in [-0.05, 0) is 38.3 Å². The van der Waals surface area contributed by atoms with Gasteiger partial charge in [-0.25, -0.2) is 0 Å². The number of hydrogen-bond acceptors (Lipinski definition) is 3. The quantitative estimate of drug-likeness (QED) is 0.782. The number of aromatic nitrogens is 1. The minimum absolute atomic E-state index is 0.177. The second kappa shape index (κ2) is 7.83. The maximum Gasteiger partial charge on any atom is 0.281 e. The van der Waals surface area contributed by atoms with E-state index in [-0.39, 0.29) is 17.0 Å². The van der Waals surface area contributed by atoms with Crippen molar-refractivity contribution >= 4 is 40.4 Å². The Hall–Kier alpha value is -1.14. The smallest absolute Gasteiger partial charge is 0.281 e. The third-order valence-corrected chi connectivity index (χ3v) is 5.64. The van der Waals surface area contributed by atoms with Crippen LogP contribution in [-0.2, 0) is 11.3 Å². The molecule has 1 fully saturated rings. The lowest BCUT2D eigenvalue weighted by Gasteiger charge is -2.22. The predicted octanol–water partition coefficient (Wildman–Crippen LogP) is 4.48. The number of ether oxygens (including phenoxy) is 1. The molecule has 3 rings (SSSR count). The third-order valence-electron chi connectivity index (χ3n) is 3.89. The van der Waals surface area contributed by atoms with E-state index in [0.29, 0.717) is 21.9 Å². The summed E-state index contributed by atoms with van der Waals surface area (Å²) in [6, 6.07) is 4.98. The summed E-state index contributed by atoms with van der Waals surface area (Å²) in [4.78, 5) is 18.5. The summed E-state index contributed by atoms with van der Waals surface area (Å²) < 4.78 is 7.78. The molecule has 2 heterocycles. The van der Waals surface area contributed by atoms with E-state index in [1.165, 1.54) is 17.8 Å². The number of amides is 1. The van der Waals surface area contributed by atoms with Crippen molar-refractivity contribution in [3.05, 3.63) is 49.7 Å². The first-order valence-corrected chi connectivity index (χ1v) is 9.43. The second-order valence-electron chi connectivity index (χ2n) is 5.78. The van der Waals surface area contributed by atoms with Crippen LogP contribution in [0.2, 0.25) is 10.0 Å². The average Bonchev–Trinajstić information content (AvgIpc) is 2.90. The molecule has 1 aromatic carbocycles. The van der Waals surface area contributed by atoms with Crippen LogP contribution in [0, 0.1) is 6.92 Å². The summed E-state index contributed by atoms with van der Waals surface area (Å²) in [5, 5.41) is 0.590. The summed E-state index contributed by atoms with van der Waals surface area (Å²) >= 11 is 13.6. The van der Waals surface area contributed by atoms with Gasteiger partial charge in [-0.3, -0.25) is 4.79 Å². The number of halogens is 2. The molecule has 4 nitrogen and oxygen atoms in total. The lowest BCUT2D eigenvalue weighted by atomic mass is 10.1. The highest BCUT2D eigenvalue weighted by Crippen LogP contribution is 2.26. The van der Waals surface area contributed by atoms with Crippen LogP contribution in [0.1, 0.15) is 34.5 Å². The van der Waals surface area contributed by atoms with E-state index in [1.807, 2.05) is 17.7 Å². The average molecular weight is 385 g/mol. The van der Waals surface area contributed by atoms with Crippen LogP contribution in [-0.4, -0.2) is 23.2 Å². The molecule has 1 saturated heterocycles. The number of thiazole rings is 1. The molecule has 1 amide bonds. The van der Waals surface area contributed by atoms with Gasteiger partial charge in [0.1, 0.15) is 0 Å². The monoisotopic (exact) mass is 384 g/mol. The molecule has 24 heavy (non-hydrogen) atoms. The first-order chi connectivity index (χ1) is 11.5. The van der Waals surface area contributed by atoms with Gasteiger partial charge >= 0.3 is 0 Å². The van der Waals surface area contributed by atoms with Crippen LogP contribution < -0.4 is 4.80 Å². The molecule has 1 aromatic heterocycles. The van der Waals surface area contributed by atoms with Gasteiger partial charge in [-0.1, -0.05) is 29.3 Å². The maximum atomic E-state index is 12.5. The topological polar surface area (TPSA) is 43.6 Å². The first kappa shape index (κ1) is 17.7. The van der Waals surface area contributed by atoms with Crippen molar-refractivity contribution in [3.8, 4) is 0 Å². The summed E-state index contributed by atoms with van der Waals surface area (Å²) in [7, 11) is 0. The molecule has 1 atom stereocenters. The van der Waals surface area contributed by atoms with Crippen molar-refractivity contribution in [2.24, 2.45) is 4.99 Å². The molecule has 1 unspecified atom stereocenters. The highest BCUT2D eigenvalue weighted by molar-refractivity contribution is 7.09. The number of carbonyl (C=O) groups is 1. The van der Waals surface area contributed by atoms with Crippen molar-refractivity contribution in [3.63, 3.8) is 0 Å². The van der Waals surface area contributed by atoms with Gasteiger partial charge in [0.15, 0.2) is 4.80 Å². The van der Waals surface area contributed by atoms with E-state index in [2.05, 4.69) is 4.99 Å². The van der Waals surface area contributed by atoms with Gasteiger partial charge in [0.25, 0.3) is 5.91 Å². The van der Waals surface area contributed by atoms with Crippen molar-refractivity contribution < 1.29 is 9.53 Å². The van der Waals surface area contributed by atoms with E-state index >= 15 is 0 Å². The molecular weight excluding hydrogens is 367 g/mol. The molecule has 1 aliphatic heterocycles. The van der Waals surface area contributed by atoms with E-state index < -0.39 is 0 Å². The fourth-order valence-electron chi connectivity index (χ4n) is 2.71. The van der Waals surface area contributed by atoms with E-state index in [1.54, 1.807) is 18.2 Å². The molecule has 0 aliphatic carbocycles. The summed E-state index contributed by atoms with van der Waals surface area (Å²) in [6.45, 7) is 3.51. The zero-order chi connectivity index (χ0) is 17.1. The van der Waals surface area contributed by atoms with Crippen LogP contribution in [0.4, 0.5) is 0 Å². The minimum Gasteiger partial charge on any atom is -0.376 e. The highest BCUT2D eigenvalue weighted by Gasteiger charge is 2.16. The van der Waals surface area contributed by atoms with Crippen molar-refractivity contribution in [2.75, 3.05) is 6.61 Å². The number of carbonyl (C=O) groups excluding carboxylic acids is 1. The fourth-order valence-corrected chi connectivity index (χ4v) is 3.93. The molecule has 1 aliphatic rings. The van der Waals surface area contributed by atoms with Crippen molar-refractivity contribution in [2.45, 2.75) is 38.8 Å². The van der Waals surface area contributed by atoms with E-state index in [9.17, 15) is 4.79 Å². The molecule has 2 aromatic rings. The van der Waals surface area contributed by atoms with Crippen LogP contribution in [0.25, 0.3) is 0 Å². The lowest BCUT2D eigenvalue weighted by molar-refractivity contribution is 0.00554. The predicted molar refractivity (Wildman–Crippen MR) is 97.0 cm³/mol. The zero-order valence-corrected chi connectivity index (χ0v) is 15.6. The second-order valence-corrected chi connectivity index (χ2v) is 7.78. The van der Waals surface area contributed by atoms with E-state index in [0.717, 1.165) is 24.3 Å². The Bertz CT molecular complexity index is 807. The lowest BCUT2D eigenvalue weighted by Crippen LogP contribution is -2.28.